The van der Waals surface area contributed by atoms with Crippen LogP contribution in [0.5, 0.6) is 0 Å². The number of hydrogen-bond acceptors (Lipinski definition) is 2. The van der Waals surface area contributed by atoms with Gasteiger partial charge in [-0.1, -0.05) is 66.2 Å². The van der Waals surface area contributed by atoms with Gasteiger partial charge in [-0.15, -0.1) is 0 Å². The summed E-state index contributed by atoms with van der Waals surface area (Å²) in [5.41, 5.74) is 3.04. The fourth-order valence-electron chi connectivity index (χ4n) is 2.74. The zero-order chi connectivity index (χ0) is 18.5. The van der Waals surface area contributed by atoms with E-state index in [4.69, 9.17) is 11.6 Å². The molecule has 0 aliphatic rings. The highest BCUT2D eigenvalue weighted by atomic mass is 35.5. The molecular formula is C21H16ClNO3. The van der Waals surface area contributed by atoms with Crippen molar-refractivity contribution in [3.05, 3.63) is 88.9 Å². The second-order valence-corrected chi connectivity index (χ2v) is 6.18. The van der Waals surface area contributed by atoms with E-state index >= 15 is 0 Å². The van der Waals surface area contributed by atoms with Gasteiger partial charge in [0.05, 0.1) is 17.7 Å². The summed E-state index contributed by atoms with van der Waals surface area (Å²) in [5.74, 6) is -1.44. The molecule has 0 heterocycles. The molecule has 4 nitrogen and oxygen atoms in total. The highest BCUT2D eigenvalue weighted by Crippen LogP contribution is 2.25. The molecule has 130 valence electrons. The molecule has 0 spiro atoms. The van der Waals surface area contributed by atoms with Crippen molar-refractivity contribution >= 4 is 29.2 Å². The molecule has 1 amide bonds. The maximum atomic E-state index is 12.5. The van der Waals surface area contributed by atoms with Crippen LogP contribution < -0.4 is 5.32 Å². The Morgan fingerprint density at radius 3 is 2.35 bits per heavy atom. The first-order valence-electron chi connectivity index (χ1n) is 8.00. The number of carboxylic acids is 1. The summed E-state index contributed by atoms with van der Waals surface area (Å²) in [4.78, 5) is 23.8. The van der Waals surface area contributed by atoms with Gasteiger partial charge in [-0.2, -0.15) is 0 Å². The zero-order valence-corrected chi connectivity index (χ0v) is 14.5. The van der Waals surface area contributed by atoms with Crippen LogP contribution >= 0.6 is 11.6 Å². The van der Waals surface area contributed by atoms with Crippen molar-refractivity contribution in [2.24, 2.45) is 0 Å². The van der Waals surface area contributed by atoms with E-state index in [1.165, 1.54) is 12.1 Å². The number of nitrogens with one attached hydrogen (secondary N) is 1. The average molecular weight is 366 g/mol. The van der Waals surface area contributed by atoms with Crippen LogP contribution in [-0.4, -0.2) is 17.0 Å². The Morgan fingerprint density at radius 1 is 0.923 bits per heavy atom. The van der Waals surface area contributed by atoms with Gasteiger partial charge in [0.2, 0.25) is 5.91 Å². The lowest BCUT2D eigenvalue weighted by atomic mass is 9.97. The summed E-state index contributed by atoms with van der Waals surface area (Å²) in [6, 6.07) is 21.8. The number of carbonyl (C=O) groups is 2. The summed E-state index contributed by atoms with van der Waals surface area (Å²) in [6.07, 6.45) is 0.132. The standard InChI is InChI=1S/C21H16ClNO3/c22-16-10-11-19(18(13-16)21(25)26)23-20(24)12-15-8-4-5-9-17(15)14-6-2-1-3-7-14/h1-11,13H,12H2,(H,23,24)(H,25,26). The lowest BCUT2D eigenvalue weighted by Crippen LogP contribution is -2.17. The van der Waals surface area contributed by atoms with Gasteiger partial charge >= 0.3 is 5.97 Å². The number of benzene rings is 3. The number of hydrogen-bond donors (Lipinski definition) is 2. The molecule has 26 heavy (non-hydrogen) atoms. The largest absolute Gasteiger partial charge is 0.478 e. The van der Waals surface area contributed by atoms with Crippen molar-refractivity contribution < 1.29 is 14.7 Å². The number of amides is 1. The van der Waals surface area contributed by atoms with Gasteiger partial charge < -0.3 is 10.4 Å². The fourth-order valence-corrected chi connectivity index (χ4v) is 2.92. The highest BCUT2D eigenvalue weighted by molar-refractivity contribution is 6.31. The molecule has 5 heteroatoms. The minimum absolute atomic E-state index is 0.0396. The number of aromatic carboxylic acids is 1. The monoisotopic (exact) mass is 365 g/mol. The lowest BCUT2D eigenvalue weighted by Gasteiger charge is -2.12. The molecule has 0 saturated heterocycles. The third-order valence-electron chi connectivity index (χ3n) is 3.94. The summed E-state index contributed by atoms with van der Waals surface area (Å²) in [5, 5.41) is 12.2. The van der Waals surface area contributed by atoms with Crippen molar-refractivity contribution in [3.63, 3.8) is 0 Å². The Morgan fingerprint density at radius 2 is 1.62 bits per heavy atom. The van der Waals surface area contributed by atoms with Gasteiger partial charge in [0.25, 0.3) is 0 Å². The van der Waals surface area contributed by atoms with Gasteiger partial charge in [-0.05, 0) is 34.9 Å². The highest BCUT2D eigenvalue weighted by Gasteiger charge is 2.15. The molecule has 0 aliphatic heterocycles. The Balaban J connectivity index is 1.83. The van der Waals surface area contributed by atoms with Crippen LogP contribution in [-0.2, 0) is 11.2 Å². The van der Waals surface area contributed by atoms with Crippen LogP contribution in [0.3, 0.4) is 0 Å². The van der Waals surface area contributed by atoms with Crippen LogP contribution in [0.15, 0.2) is 72.8 Å². The molecule has 0 saturated carbocycles. The van der Waals surface area contributed by atoms with Gasteiger partial charge in [-0.3, -0.25) is 4.79 Å². The lowest BCUT2D eigenvalue weighted by molar-refractivity contribution is -0.115. The number of anilines is 1. The normalized spacial score (nSPS) is 10.3. The molecule has 0 unspecified atom stereocenters. The van der Waals surface area contributed by atoms with Crippen molar-refractivity contribution in [2.75, 3.05) is 5.32 Å². The van der Waals surface area contributed by atoms with Crippen LogP contribution in [0.25, 0.3) is 11.1 Å². The molecule has 0 fully saturated rings. The maximum absolute atomic E-state index is 12.5. The van der Waals surface area contributed by atoms with E-state index in [0.29, 0.717) is 5.02 Å². The van der Waals surface area contributed by atoms with E-state index in [9.17, 15) is 14.7 Å². The quantitative estimate of drug-likeness (QED) is 0.676. The summed E-state index contributed by atoms with van der Waals surface area (Å²) in [6.45, 7) is 0. The van der Waals surface area contributed by atoms with Crippen molar-refractivity contribution in [3.8, 4) is 11.1 Å². The second kappa shape index (κ2) is 7.85. The third-order valence-corrected chi connectivity index (χ3v) is 4.17. The molecule has 3 aromatic rings. The Hall–Kier alpha value is -3.11. The summed E-state index contributed by atoms with van der Waals surface area (Å²) < 4.78 is 0. The molecule has 0 radical (unpaired) electrons. The maximum Gasteiger partial charge on any atom is 0.337 e. The topological polar surface area (TPSA) is 66.4 Å². The van der Waals surface area contributed by atoms with E-state index in [1.54, 1.807) is 6.07 Å². The second-order valence-electron chi connectivity index (χ2n) is 5.74. The first-order valence-corrected chi connectivity index (χ1v) is 8.38. The van der Waals surface area contributed by atoms with Crippen molar-refractivity contribution in [1.29, 1.82) is 0 Å². The average Bonchev–Trinajstić information content (AvgIpc) is 2.64. The van der Waals surface area contributed by atoms with Crippen molar-refractivity contribution in [2.45, 2.75) is 6.42 Å². The number of rotatable bonds is 5. The summed E-state index contributed by atoms with van der Waals surface area (Å²) >= 11 is 5.84. The van der Waals surface area contributed by atoms with E-state index in [2.05, 4.69) is 5.32 Å². The molecule has 3 rings (SSSR count). The smallest absolute Gasteiger partial charge is 0.337 e. The number of halogens is 1. The first-order chi connectivity index (χ1) is 12.5. The molecule has 0 atom stereocenters. The van der Waals surface area contributed by atoms with E-state index in [-0.39, 0.29) is 23.6 Å². The molecule has 0 aliphatic carbocycles. The Bertz CT molecular complexity index is 954. The minimum atomic E-state index is -1.15. The predicted octanol–water partition coefficient (Wildman–Crippen LogP) is 4.89. The van der Waals surface area contributed by atoms with Gasteiger partial charge in [0.1, 0.15) is 0 Å². The fraction of sp³-hybridized carbons (Fsp3) is 0.0476. The van der Waals surface area contributed by atoms with E-state index in [0.717, 1.165) is 16.7 Å². The van der Waals surface area contributed by atoms with Crippen LogP contribution in [0, 0.1) is 0 Å². The van der Waals surface area contributed by atoms with Crippen LogP contribution in [0.4, 0.5) is 5.69 Å². The minimum Gasteiger partial charge on any atom is -0.478 e. The number of carboxylic acid groups (broad SMARTS) is 1. The van der Waals surface area contributed by atoms with E-state index in [1.807, 2.05) is 54.6 Å². The van der Waals surface area contributed by atoms with Crippen molar-refractivity contribution in [1.82, 2.24) is 0 Å². The van der Waals surface area contributed by atoms with Crippen LogP contribution in [0.1, 0.15) is 15.9 Å². The van der Waals surface area contributed by atoms with E-state index < -0.39 is 5.97 Å². The SMILES string of the molecule is O=C(Cc1ccccc1-c1ccccc1)Nc1ccc(Cl)cc1C(=O)O. The van der Waals surface area contributed by atoms with Gasteiger partial charge in [0, 0.05) is 5.02 Å². The molecule has 0 aromatic heterocycles. The first kappa shape index (κ1) is 17.7. The van der Waals surface area contributed by atoms with Gasteiger partial charge in [0.15, 0.2) is 0 Å². The Kier molecular flexibility index (Phi) is 5.34. The predicted molar refractivity (Wildman–Crippen MR) is 103 cm³/mol. The molecule has 2 N–H and O–H groups in total. The summed E-state index contributed by atoms with van der Waals surface area (Å²) in [7, 11) is 0. The zero-order valence-electron chi connectivity index (χ0n) is 13.8. The molecule has 0 bridgehead atoms. The van der Waals surface area contributed by atoms with Crippen LogP contribution in [0.2, 0.25) is 5.02 Å². The van der Waals surface area contributed by atoms with Gasteiger partial charge in [-0.25, -0.2) is 4.79 Å². The number of carbonyl (C=O) groups excluding carboxylic acids is 1. The molecule has 3 aromatic carbocycles. The Labute approximate surface area is 156 Å². The molecular weight excluding hydrogens is 350 g/mol. The third kappa shape index (κ3) is 4.10.